The van der Waals surface area contributed by atoms with Crippen molar-refractivity contribution in [2.24, 2.45) is 11.7 Å². The van der Waals surface area contributed by atoms with Crippen LogP contribution in [0.4, 0.5) is 0 Å². The number of aryl methyl sites for hydroxylation is 2. The van der Waals surface area contributed by atoms with Crippen LogP contribution in [-0.2, 0) is 30.6 Å². The summed E-state index contributed by atoms with van der Waals surface area (Å²) < 4.78 is 12.4. The van der Waals surface area contributed by atoms with Crippen LogP contribution in [0.2, 0.25) is 0 Å². The zero-order valence-electron chi connectivity index (χ0n) is 19.3. The number of thiophene rings is 1. The van der Waals surface area contributed by atoms with E-state index in [1.807, 2.05) is 18.2 Å². The molecule has 0 saturated heterocycles. The Morgan fingerprint density at radius 2 is 2.09 bits per heavy atom. The molecule has 176 valence electrons. The molecule has 7 nitrogen and oxygen atoms in total. The van der Waals surface area contributed by atoms with Crippen LogP contribution >= 0.6 is 23.1 Å². The van der Waals surface area contributed by atoms with Gasteiger partial charge < -0.3 is 15.2 Å². The van der Waals surface area contributed by atoms with Crippen LogP contribution in [-0.4, -0.2) is 34.9 Å². The Morgan fingerprint density at radius 3 is 2.79 bits per heavy atom. The summed E-state index contributed by atoms with van der Waals surface area (Å²) in [6.45, 7) is 4.42. The minimum atomic E-state index is -0.490. The van der Waals surface area contributed by atoms with Gasteiger partial charge in [0.25, 0.3) is 5.56 Å². The number of benzene rings is 1. The average molecular weight is 488 g/mol. The Kier molecular flexibility index (Phi) is 6.99. The maximum absolute atomic E-state index is 13.7. The summed E-state index contributed by atoms with van der Waals surface area (Å²) >= 11 is 2.86. The van der Waals surface area contributed by atoms with Gasteiger partial charge in [-0.2, -0.15) is 0 Å². The molecular weight excluding hydrogens is 458 g/mol. The fourth-order valence-corrected chi connectivity index (χ4v) is 6.49. The number of carbonyl (C=O) groups excluding carboxylic acids is 1. The average Bonchev–Trinajstić information content (AvgIpc) is 3.15. The van der Waals surface area contributed by atoms with E-state index in [4.69, 9.17) is 20.2 Å². The predicted molar refractivity (Wildman–Crippen MR) is 133 cm³/mol. The third kappa shape index (κ3) is 4.75. The second-order valence-corrected chi connectivity index (χ2v) is 10.9. The fraction of sp³-hybridized carbons (Fsp3) is 0.458. The van der Waals surface area contributed by atoms with Crippen molar-refractivity contribution in [2.45, 2.75) is 56.5 Å². The van der Waals surface area contributed by atoms with E-state index in [2.05, 4.69) is 6.92 Å². The molecular formula is C24H29N3O4S2. The third-order valence-corrected chi connectivity index (χ3v) is 8.39. The first-order valence-electron chi connectivity index (χ1n) is 11.0. The van der Waals surface area contributed by atoms with Crippen molar-refractivity contribution < 1.29 is 14.3 Å². The quantitative estimate of drug-likeness (QED) is 0.383. The highest BCUT2D eigenvalue weighted by Gasteiger charge is 2.25. The van der Waals surface area contributed by atoms with Crippen molar-refractivity contribution in [2.75, 3.05) is 14.2 Å². The number of amides is 1. The van der Waals surface area contributed by atoms with Gasteiger partial charge in [0.05, 0.1) is 24.9 Å². The van der Waals surface area contributed by atoms with Gasteiger partial charge in [0.2, 0.25) is 5.91 Å². The van der Waals surface area contributed by atoms with Gasteiger partial charge in [-0.1, -0.05) is 24.8 Å². The molecule has 0 saturated carbocycles. The molecule has 1 amide bonds. The van der Waals surface area contributed by atoms with Crippen molar-refractivity contribution in [3.8, 4) is 11.5 Å². The number of carbonyl (C=O) groups is 1. The van der Waals surface area contributed by atoms with E-state index in [0.29, 0.717) is 35.5 Å². The molecule has 4 rings (SSSR count). The van der Waals surface area contributed by atoms with Crippen molar-refractivity contribution in [3.05, 3.63) is 44.6 Å². The van der Waals surface area contributed by atoms with Gasteiger partial charge in [0.15, 0.2) is 16.7 Å². The Hall–Kier alpha value is -2.52. The summed E-state index contributed by atoms with van der Waals surface area (Å²) in [4.78, 5) is 32.3. The molecule has 2 atom stereocenters. The number of hydrogen-bond acceptors (Lipinski definition) is 7. The molecule has 33 heavy (non-hydrogen) atoms. The number of methoxy groups -OCH3 is 2. The number of fused-ring (bicyclic) bond motifs is 3. The molecule has 9 heteroatoms. The van der Waals surface area contributed by atoms with E-state index >= 15 is 0 Å². The van der Waals surface area contributed by atoms with Gasteiger partial charge in [-0.25, -0.2) is 4.98 Å². The van der Waals surface area contributed by atoms with E-state index in [1.54, 1.807) is 37.0 Å². The number of hydrogen-bond donors (Lipinski definition) is 1. The standard InChI is InChI=1S/C24H29N3O4S2/c1-13-5-7-16-19(11-13)33-22-20(16)23(29)27(24(26-22)32-14(2)21(25)28)10-9-15-6-8-17(30-3)18(12-15)31-4/h6,8,12-14H,5,7,9-11H2,1-4H3,(H2,25,28). The van der Waals surface area contributed by atoms with Crippen LogP contribution < -0.4 is 20.8 Å². The Balaban J connectivity index is 1.75. The molecule has 1 aliphatic rings. The van der Waals surface area contributed by atoms with E-state index in [0.717, 1.165) is 40.6 Å². The summed E-state index contributed by atoms with van der Waals surface area (Å²) in [7, 11) is 3.20. The third-order valence-electron chi connectivity index (χ3n) is 6.14. The molecule has 2 heterocycles. The fourth-order valence-electron chi connectivity index (χ4n) is 4.19. The molecule has 1 aliphatic carbocycles. The highest BCUT2D eigenvalue weighted by Crippen LogP contribution is 2.37. The molecule has 2 N–H and O–H groups in total. The number of thioether (sulfide) groups is 1. The summed E-state index contributed by atoms with van der Waals surface area (Å²) in [5.41, 5.74) is 7.64. The lowest BCUT2D eigenvalue weighted by molar-refractivity contribution is -0.117. The van der Waals surface area contributed by atoms with E-state index < -0.39 is 11.2 Å². The zero-order chi connectivity index (χ0) is 23.7. The molecule has 3 aromatic rings. The van der Waals surface area contributed by atoms with Gasteiger partial charge in [0, 0.05) is 11.4 Å². The number of aromatic nitrogens is 2. The van der Waals surface area contributed by atoms with Crippen molar-refractivity contribution in [1.29, 1.82) is 0 Å². The van der Waals surface area contributed by atoms with Gasteiger partial charge in [-0.3, -0.25) is 14.2 Å². The molecule has 2 unspecified atom stereocenters. The lowest BCUT2D eigenvalue weighted by Gasteiger charge is -2.18. The second-order valence-electron chi connectivity index (χ2n) is 8.48. The Morgan fingerprint density at radius 1 is 1.33 bits per heavy atom. The molecule has 0 spiro atoms. The van der Waals surface area contributed by atoms with E-state index in [9.17, 15) is 9.59 Å². The van der Waals surface area contributed by atoms with Crippen LogP contribution in [0, 0.1) is 5.92 Å². The number of nitrogens with zero attached hydrogens (tertiary/aromatic N) is 2. The number of ether oxygens (including phenoxy) is 2. The van der Waals surface area contributed by atoms with Crippen molar-refractivity contribution >= 4 is 39.2 Å². The van der Waals surface area contributed by atoms with Gasteiger partial charge >= 0.3 is 0 Å². The largest absolute Gasteiger partial charge is 0.493 e. The summed E-state index contributed by atoms with van der Waals surface area (Å²) in [5, 5.41) is 0.785. The maximum atomic E-state index is 13.7. The topological polar surface area (TPSA) is 96.4 Å². The monoisotopic (exact) mass is 487 g/mol. The van der Waals surface area contributed by atoms with Gasteiger partial charge in [-0.15, -0.1) is 11.3 Å². The Labute approximate surface area is 201 Å². The smallest absolute Gasteiger partial charge is 0.263 e. The van der Waals surface area contributed by atoms with Crippen LogP contribution in [0.3, 0.4) is 0 Å². The first-order chi connectivity index (χ1) is 15.8. The number of nitrogens with two attached hydrogens (primary N) is 1. The predicted octanol–water partition coefficient (Wildman–Crippen LogP) is 3.81. The molecule has 1 aromatic carbocycles. The molecule has 2 aromatic heterocycles. The summed E-state index contributed by atoms with van der Waals surface area (Å²) in [6.07, 6.45) is 3.59. The highest BCUT2D eigenvalue weighted by molar-refractivity contribution is 8.00. The van der Waals surface area contributed by atoms with Crippen LogP contribution in [0.5, 0.6) is 11.5 Å². The van der Waals surface area contributed by atoms with E-state index in [-0.39, 0.29) is 5.56 Å². The molecule has 0 fully saturated rings. The maximum Gasteiger partial charge on any atom is 0.263 e. The van der Waals surface area contributed by atoms with E-state index in [1.165, 1.54) is 16.6 Å². The molecule has 0 radical (unpaired) electrons. The van der Waals surface area contributed by atoms with Crippen molar-refractivity contribution in [1.82, 2.24) is 9.55 Å². The van der Waals surface area contributed by atoms with Crippen LogP contribution in [0.25, 0.3) is 10.2 Å². The SMILES string of the molecule is COc1ccc(CCn2c(SC(C)C(N)=O)nc3sc4c(c3c2=O)CCC(C)C4)cc1OC. The highest BCUT2D eigenvalue weighted by atomic mass is 32.2. The number of rotatable bonds is 8. The number of primary amides is 1. The summed E-state index contributed by atoms with van der Waals surface area (Å²) in [5.74, 6) is 1.49. The molecule has 0 bridgehead atoms. The minimum absolute atomic E-state index is 0.0355. The Bertz CT molecular complexity index is 1250. The molecule has 0 aliphatic heterocycles. The lowest BCUT2D eigenvalue weighted by Crippen LogP contribution is -2.28. The second kappa shape index (κ2) is 9.77. The van der Waals surface area contributed by atoms with Crippen molar-refractivity contribution in [3.63, 3.8) is 0 Å². The summed E-state index contributed by atoms with van der Waals surface area (Å²) in [6, 6.07) is 5.74. The first-order valence-corrected chi connectivity index (χ1v) is 12.7. The minimum Gasteiger partial charge on any atom is -0.493 e. The lowest BCUT2D eigenvalue weighted by atomic mass is 9.89. The van der Waals surface area contributed by atoms with Crippen LogP contribution in [0.1, 0.15) is 36.3 Å². The normalized spacial score (nSPS) is 16.4. The van der Waals surface area contributed by atoms with Gasteiger partial charge in [0.1, 0.15) is 4.83 Å². The zero-order valence-corrected chi connectivity index (χ0v) is 21.0. The van der Waals surface area contributed by atoms with Gasteiger partial charge in [-0.05, 0) is 61.8 Å². The van der Waals surface area contributed by atoms with Crippen LogP contribution in [0.15, 0.2) is 28.2 Å². The first kappa shape index (κ1) is 23.6.